The Labute approximate surface area is 209 Å². The Bertz CT molecular complexity index is 1550. The zero-order chi connectivity index (χ0) is 25.6. The standard InChI is InChI=1S/C27H26FN3O4S/c1-15-11-16(3-10-22(15)29)14-31(36(33)34)23-13-24-21(12-20(23)17-4-5-17)25(27(32)30-2)26(35-24)18-6-8-19(28)9-7-18/h3,6-13,17,36H,4-5,14,29H2,1-2H3,(H,30,32). The molecule has 9 heteroatoms. The van der Waals surface area contributed by atoms with Crippen LogP contribution in [0.1, 0.15) is 45.8 Å². The molecule has 1 aliphatic rings. The van der Waals surface area contributed by atoms with Crippen molar-refractivity contribution < 1.29 is 22.0 Å². The van der Waals surface area contributed by atoms with E-state index in [-0.39, 0.29) is 18.4 Å². The van der Waals surface area contributed by atoms with Gasteiger partial charge in [0.05, 0.1) is 17.8 Å². The van der Waals surface area contributed by atoms with Gasteiger partial charge >= 0.3 is 0 Å². The second-order valence-electron chi connectivity index (χ2n) is 9.06. The summed E-state index contributed by atoms with van der Waals surface area (Å²) < 4.78 is 46.0. The Morgan fingerprint density at radius 1 is 1.14 bits per heavy atom. The smallest absolute Gasteiger partial charge is 0.255 e. The van der Waals surface area contributed by atoms with E-state index in [4.69, 9.17) is 10.2 Å². The molecule has 1 amide bonds. The van der Waals surface area contributed by atoms with E-state index in [2.05, 4.69) is 5.32 Å². The fourth-order valence-corrected chi connectivity index (χ4v) is 5.12. The Balaban J connectivity index is 1.69. The zero-order valence-corrected chi connectivity index (χ0v) is 20.8. The van der Waals surface area contributed by atoms with Gasteiger partial charge in [0.1, 0.15) is 17.2 Å². The third-order valence-corrected chi connectivity index (χ3v) is 7.31. The minimum Gasteiger partial charge on any atom is -0.455 e. The van der Waals surface area contributed by atoms with Crippen LogP contribution in [0.25, 0.3) is 22.3 Å². The maximum Gasteiger partial charge on any atom is 0.255 e. The van der Waals surface area contributed by atoms with E-state index >= 15 is 0 Å². The number of carbonyl (C=O) groups is 1. The first-order valence-electron chi connectivity index (χ1n) is 11.6. The number of hydrogen-bond donors (Lipinski definition) is 3. The van der Waals surface area contributed by atoms with E-state index in [1.54, 1.807) is 24.3 Å². The first kappa shape index (κ1) is 23.9. The SMILES string of the molecule is CNC(=O)c1c(-c2ccc(F)cc2)oc2cc(N(Cc3ccc(N)c(C)c3)[SH](=O)=O)c(C3CC3)cc12. The van der Waals surface area contributed by atoms with E-state index < -0.39 is 16.7 Å². The fraction of sp³-hybridized carbons (Fsp3) is 0.222. The number of hydrogen-bond acceptors (Lipinski definition) is 5. The first-order valence-corrected chi connectivity index (χ1v) is 12.7. The lowest BCUT2D eigenvalue weighted by Crippen LogP contribution is -2.22. The van der Waals surface area contributed by atoms with Gasteiger partial charge < -0.3 is 15.5 Å². The number of rotatable bonds is 7. The van der Waals surface area contributed by atoms with Crippen molar-refractivity contribution in [2.75, 3.05) is 17.1 Å². The van der Waals surface area contributed by atoms with Crippen LogP contribution in [0.4, 0.5) is 15.8 Å². The van der Waals surface area contributed by atoms with Gasteiger partial charge in [-0.2, -0.15) is 0 Å². The average Bonchev–Trinajstić information content (AvgIpc) is 3.64. The molecule has 0 aliphatic heterocycles. The number of thiol groups is 1. The quantitative estimate of drug-likeness (QED) is 0.244. The van der Waals surface area contributed by atoms with Crippen LogP contribution in [0.3, 0.4) is 0 Å². The zero-order valence-electron chi connectivity index (χ0n) is 19.9. The number of benzene rings is 3. The average molecular weight is 508 g/mol. The lowest BCUT2D eigenvalue weighted by Gasteiger charge is -2.22. The minimum absolute atomic E-state index is 0.138. The van der Waals surface area contributed by atoms with Crippen molar-refractivity contribution in [2.45, 2.75) is 32.2 Å². The van der Waals surface area contributed by atoms with Crippen LogP contribution in [0, 0.1) is 12.7 Å². The normalized spacial score (nSPS) is 13.3. The highest BCUT2D eigenvalue weighted by molar-refractivity contribution is 7.74. The topological polar surface area (TPSA) is 106 Å². The molecule has 0 atom stereocenters. The van der Waals surface area contributed by atoms with Crippen molar-refractivity contribution in [1.82, 2.24) is 5.32 Å². The number of amides is 1. The lowest BCUT2D eigenvalue weighted by molar-refractivity contribution is 0.0964. The van der Waals surface area contributed by atoms with Gasteiger partial charge in [0.25, 0.3) is 5.91 Å². The molecule has 186 valence electrons. The molecule has 7 nitrogen and oxygen atoms in total. The second-order valence-corrected chi connectivity index (χ2v) is 10.0. The molecule has 36 heavy (non-hydrogen) atoms. The highest BCUT2D eigenvalue weighted by Gasteiger charge is 2.31. The van der Waals surface area contributed by atoms with Crippen LogP contribution >= 0.6 is 0 Å². The number of halogens is 1. The molecule has 3 N–H and O–H groups in total. The maximum absolute atomic E-state index is 13.5. The van der Waals surface area contributed by atoms with Gasteiger partial charge in [-0.05, 0) is 78.8 Å². The van der Waals surface area contributed by atoms with Crippen LogP contribution < -0.4 is 15.4 Å². The van der Waals surface area contributed by atoms with Gasteiger partial charge in [0.15, 0.2) is 0 Å². The fourth-order valence-electron chi connectivity index (χ4n) is 4.49. The van der Waals surface area contributed by atoms with Crippen LogP contribution in [0.2, 0.25) is 0 Å². The summed E-state index contributed by atoms with van der Waals surface area (Å²) >= 11 is 0. The number of anilines is 2. The number of aryl methyl sites for hydroxylation is 1. The van der Waals surface area contributed by atoms with Gasteiger partial charge in [-0.1, -0.05) is 12.1 Å². The van der Waals surface area contributed by atoms with Gasteiger partial charge in [0.2, 0.25) is 10.9 Å². The van der Waals surface area contributed by atoms with Gasteiger partial charge in [-0.15, -0.1) is 0 Å². The monoisotopic (exact) mass is 507 g/mol. The molecule has 1 fully saturated rings. The molecule has 3 aromatic carbocycles. The molecule has 1 aliphatic carbocycles. The summed E-state index contributed by atoms with van der Waals surface area (Å²) in [7, 11) is -1.44. The molecular weight excluding hydrogens is 481 g/mol. The second kappa shape index (κ2) is 9.31. The van der Waals surface area contributed by atoms with E-state index in [0.717, 1.165) is 29.5 Å². The first-order chi connectivity index (χ1) is 17.3. The molecular formula is C27H26FN3O4S. The predicted octanol–water partition coefficient (Wildman–Crippen LogP) is 4.90. The predicted molar refractivity (Wildman–Crippen MR) is 139 cm³/mol. The molecule has 0 radical (unpaired) electrons. The Morgan fingerprint density at radius 3 is 2.47 bits per heavy atom. The van der Waals surface area contributed by atoms with Gasteiger partial charge in [0, 0.05) is 29.8 Å². The molecule has 5 rings (SSSR count). The maximum atomic E-state index is 13.5. The summed E-state index contributed by atoms with van der Waals surface area (Å²) in [5.41, 5.74) is 10.9. The number of fused-ring (bicyclic) bond motifs is 1. The van der Waals surface area contributed by atoms with E-state index in [9.17, 15) is 17.6 Å². The van der Waals surface area contributed by atoms with E-state index in [1.807, 2.05) is 25.1 Å². The number of nitrogens with zero attached hydrogens (tertiary/aromatic N) is 1. The molecule has 1 heterocycles. The van der Waals surface area contributed by atoms with Crippen molar-refractivity contribution in [3.63, 3.8) is 0 Å². The summed E-state index contributed by atoms with van der Waals surface area (Å²) in [4.78, 5) is 12.9. The summed E-state index contributed by atoms with van der Waals surface area (Å²) in [6.45, 7) is 2.01. The van der Waals surface area contributed by atoms with E-state index in [0.29, 0.717) is 39.2 Å². The summed E-state index contributed by atoms with van der Waals surface area (Å²) in [6, 6.07) is 14.7. The molecule has 0 saturated heterocycles. The number of nitrogens with one attached hydrogen (secondary N) is 1. The Hall–Kier alpha value is -3.85. The third kappa shape index (κ3) is 4.42. The van der Waals surface area contributed by atoms with Crippen LogP contribution in [-0.2, 0) is 17.4 Å². The highest BCUT2D eigenvalue weighted by Crippen LogP contribution is 2.48. The molecule has 1 aromatic heterocycles. The molecule has 0 spiro atoms. The highest BCUT2D eigenvalue weighted by atomic mass is 32.2. The number of furan rings is 1. The van der Waals surface area contributed by atoms with Crippen molar-refractivity contribution >= 4 is 39.1 Å². The van der Waals surface area contributed by atoms with Crippen LogP contribution in [-0.4, -0.2) is 21.4 Å². The Morgan fingerprint density at radius 2 is 1.86 bits per heavy atom. The third-order valence-electron chi connectivity index (χ3n) is 6.56. The van der Waals surface area contributed by atoms with Crippen molar-refractivity contribution in [2.24, 2.45) is 0 Å². The van der Waals surface area contributed by atoms with Gasteiger partial charge in [-0.25, -0.2) is 12.8 Å². The van der Waals surface area contributed by atoms with E-state index in [1.165, 1.54) is 23.5 Å². The molecule has 1 saturated carbocycles. The summed E-state index contributed by atoms with van der Waals surface area (Å²) in [6.07, 6.45) is 1.86. The van der Waals surface area contributed by atoms with Crippen molar-refractivity contribution in [3.8, 4) is 11.3 Å². The largest absolute Gasteiger partial charge is 0.455 e. The van der Waals surface area contributed by atoms with Crippen LogP contribution in [0.15, 0.2) is 59.0 Å². The van der Waals surface area contributed by atoms with Crippen LogP contribution in [0.5, 0.6) is 0 Å². The molecule has 4 aromatic rings. The number of nitrogens with two attached hydrogens (primary N) is 1. The Kier molecular flexibility index (Phi) is 6.17. The summed E-state index contributed by atoms with van der Waals surface area (Å²) in [5.74, 6) is -0.249. The lowest BCUT2D eigenvalue weighted by atomic mass is 10.00. The number of carbonyl (C=O) groups excluding carboxylic acids is 1. The number of nitrogen functional groups attached to an aromatic ring is 1. The minimum atomic E-state index is -2.97. The van der Waals surface area contributed by atoms with Gasteiger partial charge in [-0.3, -0.25) is 9.10 Å². The molecule has 0 unspecified atom stereocenters. The van der Waals surface area contributed by atoms with Crippen molar-refractivity contribution in [1.29, 1.82) is 0 Å². The summed E-state index contributed by atoms with van der Waals surface area (Å²) in [5, 5.41) is 3.24. The van der Waals surface area contributed by atoms with Crippen molar-refractivity contribution in [3.05, 3.63) is 82.7 Å². The molecule has 0 bridgehead atoms.